The van der Waals surface area contributed by atoms with E-state index >= 15 is 0 Å². The molecular weight excluding hydrogens is 618 g/mol. The molecule has 1 aliphatic rings. The van der Waals surface area contributed by atoms with Crippen LogP contribution in [0.3, 0.4) is 0 Å². The Morgan fingerprint density at radius 2 is 1.77 bits per heavy atom. The fourth-order valence-electron chi connectivity index (χ4n) is 4.78. The van der Waals surface area contributed by atoms with Crippen LogP contribution in [0.1, 0.15) is 50.0 Å². The summed E-state index contributed by atoms with van der Waals surface area (Å²) < 4.78 is 15.0. The van der Waals surface area contributed by atoms with Crippen molar-refractivity contribution in [2.75, 3.05) is 47.2 Å². The van der Waals surface area contributed by atoms with Crippen LogP contribution in [0.2, 0.25) is 0 Å². The van der Waals surface area contributed by atoms with Gasteiger partial charge in [-0.15, -0.1) is 0 Å². The number of hydrogen-bond acceptors (Lipinski definition) is 11. The summed E-state index contributed by atoms with van der Waals surface area (Å²) in [4.78, 5) is 61.1. The Bertz CT molecular complexity index is 1630. The molecule has 48 heavy (non-hydrogen) atoms. The Morgan fingerprint density at radius 1 is 1.04 bits per heavy atom. The van der Waals surface area contributed by atoms with Crippen LogP contribution in [-0.4, -0.2) is 74.0 Å². The zero-order chi connectivity index (χ0) is 34.8. The lowest BCUT2D eigenvalue weighted by Gasteiger charge is -2.23. The van der Waals surface area contributed by atoms with E-state index < -0.39 is 18.4 Å². The summed E-state index contributed by atoms with van der Waals surface area (Å²) in [6.07, 6.45) is -0.562. The highest BCUT2D eigenvalue weighted by Crippen LogP contribution is 2.35. The average Bonchev–Trinajstić information content (AvgIpc) is 3.38. The minimum Gasteiger partial charge on any atom is -0.466 e. The highest BCUT2D eigenvalue weighted by molar-refractivity contribution is 6.07. The van der Waals surface area contributed by atoms with E-state index in [9.17, 15) is 19.2 Å². The molecule has 14 nitrogen and oxygen atoms in total. The first kappa shape index (κ1) is 35.2. The number of carbonyl (C=O) groups is 4. The lowest BCUT2D eigenvalue weighted by atomic mass is 10.1. The van der Waals surface area contributed by atoms with Gasteiger partial charge >= 0.3 is 18.0 Å². The van der Waals surface area contributed by atoms with Crippen LogP contribution in [0.5, 0.6) is 0 Å². The molecule has 0 radical (unpaired) electrons. The van der Waals surface area contributed by atoms with Crippen LogP contribution < -0.4 is 26.2 Å². The number of ether oxygens (including phenoxy) is 3. The summed E-state index contributed by atoms with van der Waals surface area (Å²) in [5.74, 6) is -1.13. The van der Waals surface area contributed by atoms with Gasteiger partial charge in [-0.25, -0.2) is 9.78 Å². The summed E-state index contributed by atoms with van der Waals surface area (Å²) in [7, 11) is 1.95. The van der Waals surface area contributed by atoms with Crippen molar-refractivity contribution < 1.29 is 33.4 Å². The van der Waals surface area contributed by atoms with E-state index in [4.69, 9.17) is 19.9 Å². The summed E-state index contributed by atoms with van der Waals surface area (Å²) >= 11 is 0. The maximum Gasteiger partial charge on any atom is 0.438 e. The number of fused-ring (bicyclic) bond motifs is 1. The SMILES string of the molecule is CCOC(=O)CCN(C(=O)c1ccc2c(c1)NC(CNc1ccc(/C(N)=N\C(=O)OC(C)OC(=O)C(C)C)cc1)N2C)c1ccccn1. The molecular formula is C34H41N7O7. The number of esters is 2. The first-order valence-corrected chi connectivity index (χ1v) is 15.6. The van der Waals surface area contributed by atoms with Crippen molar-refractivity contribution >= 4 is 52.7 Å². The van der Waals surface area contributed by atoms with Crippen molar-refractivity contribution in [3.05, 3.63) is 78.0 Å². The van der Waals surface area contributed by atoms with E-state index in [2.05, 4.69) is 25.5 Å². The van der Waals surface area contributed by atoms with E-state index in [1.807, 2.05) is 13.1 Å². The summed E-state index contributed by atoms with van der Waals surface area (Å²) in [5.41, 5.74) is 9.47. The van der Waals surface area contributed by atoms with Crippen LogP contribution in [-0.2, 0) is 23.8 Å². The summed E-state index contributed by atoms with van der Waals surface area (Å²) in [6.45, 7) is 7.41. The number of aliphatic imine (C=N–C) groups is 1. The Kier molecular flexibility index (Phi) is 11.9. The molecule has 254 valence electrons. The second-order valence-corrected chi connectivity index (χ2v) is 11.2. The highest BCUT2D eigenvalue weighted by Gasteiger charge is 2.28. The maximum absolute atomic E-state index is 13.7. The molecule has 2 aromatic carbocycles. The van der Waals surface area contributed by atoms with E-state index in [-0.39, 0.29) is 49.4 Å². The predicted octanol–water partition coefficient (Wildman–Crippen LogP) is 4.37. The Morgan fingerprint density at radius 3 is 2.44 bits per heavy atom. The van der Waals surface area contributed by atoms with Crippen LogP contribution >= 0.6 is 0 Å². The number of rotatable bonds is 13. The van der Waals surface area contributed by atoms with Crippen LogP contribution in [0.25, 0.3) is 0 Å². The lowest BCUT2D eigenvalue weighted by Crippen LogP contribution is -2.38. The molecule has 2 atom stereocenters. The Balaban J connectivity index is 1.35. The molecule has 0 fully saturated rings. The van der Waals surface area contributed by atoms with Crippen molar-refractivity contribution in [2.24, 2.45) is 16.6 Å². The van der Waals surface area contributed by atoms with E-state index in [0.29, 0.717) is 23.5 Å². The highest BCUT2D eigenvalue weighted by atomic mass is 16.7. The molecule has 1 aliphatic heterocycles. The normalized spacial score (nSPS) is 14.4. The molecule has 1 aromatic heterocycles. The molecule has 0 bridgehead atoms. The summed E-state index contributed by atoms with van der Waals surface area (Å²) in [6, 6.07) is 17.7. The minimum absolute atomic E-state index is 0.0409. The number of anilines is 4. The zero-order valence-electron chi connectivity index (χ0n) is 27.6. The lowest BCUT2D eigenvalue weighted by molar-refractivity contribution is -0.168. The third-order valence-corrected chi connectivity index (χ3v) is 7.34. The number of hydrogen-bond donors (Lipinski definition) is 3. The molecule has 0 spiro atoms. The zero-order valence-corrected chi connectivity index (χ0v) is 27.6. The molecule has 4 N–H and O–H groups in total. The average molecular weight is 660 g/mol. The van der Waals surface area contributed by atoms with E-state index in [1.54, 1.807) is 81.6 Å². The smallest absolute Gasteiger partial charge is 0.438 e. The van der Waals surface area contributed by atoms with Gasteiger partial charge in [0.05, 0.1) is 36.9 Å². The Labute approximate surface area is 279 Å². The number of benzene rings is 2. The number of amides is 2. The fourth-order valence-corrected chi connectivity index (χ4v) is 4.78. The first-order chi connectivity index (χ1) is 23.0. The van der Waals surface area contributed by atoms with Crippen molar-refractivity contribution in [3.63, 3.8) is 0 Å². The number of nitrogens with zero attached hydrogens (tertiary/aromatic N) is 4. The molecule has 2 heterocycles. The standard InChI is InChI=1S/C34H41N7O7/c1-6-46-30(42)16-18-41(28-9-7-8-17-36-28)32(43)24-12-15-27-26(19-24)38-29(40(27)5)20-37-25-13-10-23(11-14-25)31(35)39-34(45)48-22(4)47-33(44)21(2)3/h7-15,17,19,21-22,29,37-38H,6,16,18,20H2,1-5H3,(H2,35,39,45). The molecule has 0 aliphatic carbocycles. The van der Waals surface area contributed by atoms with Gasteiger partial charge in [-0.3, -0.25) is 19.3 Å². The molecule has 2 unspecified atom stereocenters. The van der Waals surface area contributed by atoms with E-state index in [0.717, 1.165) is 17.1 Å². The number of nitrogens with two attached hydrogens (primary N) is 1. The van der Waals surface area contributed by atoms with Gasteiger partial charge < -0.3 is 35.5 Å². The number of amidine groups is 1. The van der Waals surface area contributed by atoms with Crippen molar-refractivity contribution in [3.8, 4) is 0 Å². The monoisotopic (exact) mass is 659 g/mol. The number of likely N-dealkylation sites (N-methyl/N-ethyl adjacent to an activating group) is 1. The van der Waals surface area contributed by atoms with Gasteiger partial charge in [0.2, 0.25) is 6.29 Å². The number of pyridine rings is 1. The minimum atomic E-state index is -1.10. The molecule has 0 saturated heterocycles. The van der Waals surface area contributed by atoms with Crippen molar-refractivity contribution in [1.82, 2.24) is 4.98 Å². The Hall–Kier alpha value is -5.66. The van der Waals surface area contributed by atoms with Gasteiger partial charge in [0, 0.05) is 43.5 Å². The molecule has 2 amide bonds. The van der Waals surface area contributed by atoms with Gasteiger partial charge in [0.1, 0.15) is 17.8 Å². The molecule has 3 aromatic rings. The van der Waals surface area contributed by atoms with Crippen molar-refractivity contribution in [2.45, 2.75) is 46.6 Å². The largest absolute Gasteiger partial charge is 0.466 e. The second kappa shape index (κ2) is 16.3. The van der Waals surface area contributed by atoms with Crippen LogP contribution in [0.15, 0.2) is 71.9 Å². The number of carbonyl (C=O) groups excluding carboxylic acids is 4. The van der Waals surface area contributed by atoms with E-state index in [1.165, 1.54) is 11.8 Å². The van der Waals surface area contributed by atoms with Gasteiger partial charge in [-0.1, -0.05) is 19.9 Å². The quantitative estimate of drug-likeness (QED) is 0.102. The first-order valence-electron chi connectivity index (χ1n) is 15.6. The second-order valence-electron chi connectivity index (χ2n) is 11.2. The molecule has 4 rings (SSSR count). The van der Waals surface area contributed by atoms with Gasteiger partial charge in [0.25, 0.3) is 5.91 Å². The predicted molar refractivity (Wildman–Crippen MR) is 182 cm³/mol. The third-order valence-electron chi connectivity index (χ3n) is 7.34. The van der Waals surface area contributed by atoms with Crippen LogP contribution in [0.4, 0.5) is 27.7 Å². The topological polar surface area (TPSA) is 178 Å². The molecule has 0 saturated carbocycles. The summed E-state index contributed by atoms with van der Waals surface area (Å²) in [5, 5.41) is 6.84. The van der Waals surface area contributed by atoms with Gasteiger partial charge in [-0.2, -0.15) is 4.99 Å². The number of nitrogens with one attached hydrogen (secondary N) is 2. The molecule has 14 heteroatoms. The van der Waals surface area contributed by atoms with Gasteiger partial charge in [-0.05, 0) is 61.5 Å². The third kappa shape index (κ3) is 9.21. The van der Waals surface area contributed by atoms with Crippen molar-refractivity contribution in [1.29, 1.82) is 0 Å². The van der Waals surface area contributed by atoms with Crippen LogP contribution in [0, 0.1) is 5.92 Å². The number of aromatic nitrogens is 1. The van der Waals surface area contributed by atoms with Gasteiger partial charge in [0.15, 0.2) is 0 Å². The maximum atomic E-state index is 13.7. The fraction of sp³-hybridized carbons (Fsp3) is 0.353.